The third-order valence-electron chi connectivity index (χ3n) is 4.55. The Morgan fingerprint density at radius 3 is 2.18 bits per heavy atom. The molecule has 144 valence electrons. The Hall–Kier alpha value is -3.34. The minimum Gasteiger partial charge on any atom is -0.452 e. The molecule has 0 aliphatic heterocycles. The molecule has 5 nitrogen and oxygen atoms in total. The molecule has 1 N–H and O–H groups in total. The van der Waals surface area contributed by atoms with Crippen LogP contribution in [0.4, 0.5) is 0 Å². The molecule has 0 fully saturated rings. The summed E-state index contributed by atoms with van der Waals surface area (Å²) in [5.41, 5.74) is 4.80. The van der Waals surface area contributed by atoms with E-state index < -0.39 is 5.97 Å². The van der Waals surface area contributed by atoms with Crippen molar-refractivity contribution in [1.29, 1.82) is 0 Å². The van der Waals surface area contributed by atoms with E-state index in [4.69, 9.17) is 4.74 Å². The number of rotatable bonds is 7. The maximum absolute atomic E-state index is 12.2. The number of carbonyl (C=O) groups is 2. The van der Waals surface area contributed by atoms with Crippen molar-refractivity contribution in [2.75, 3.05) is 13.2 Å². The normalized spacial score (nSPS) is 10.5. The SMILES string of the molecule is Cc1ccc(C)n1-c1ccc(C(=O)OCC(=O)NCCc2ccccc2)cc1. The Bertz CT molecular complexity index is 924. The molecule has 0 saturated heterocycles. The van der Waals surface area contributed by atoms with Gasteiger partial charge in [-0.1, -0.05) is 30.3 Å². The maximum Gasteiger partial charge on any atom is 0.338 e. The number of carbonyl (C=O) groups excluding carboxylic acids is 2. The van der Waals surface area contributed by atoms with Crippen LogP contribution >= 0.6 is 0 Å². The zero-order valence-corrected chi connectivity index (χ0v) is 16.1. The summed E-state index contributed by atoms with van der Waals surface area (Å²) in [7, 11) is 0. The van der Waals surface area contributed by atoms with Crippen molar-refractivity contribution in [3.8, 4) is 5.69 Å². The smallest absolute Gasteiger partial charge is 0.338 e. The van der Waals surface area contributed by atoms with E-state index in [0.717, 1.165) is 29.1 Å². The molecule has 1 heterocycles. The fourth-order valence-corrected chi connectivity index (χ4v) is 3.08. The predicted octanol–water partition coefficient (Wildman–Crippen LogP) is 3.61. The summed E-state index contributed by atoms with van der Waals surface area (Å²) in [5.74, 6) is -0.815. The molecule has 0 aliphatic rings. The van der Waals surface area contributed by atoms with Gasteiger partial charge >= 0.3 is 5.97 Å². The van der Waals surface area contributed by atoms with E-state index in [9.17, 15) is 9.59 Å². The van der Waals surface area contributed by atoms with Gasteiger partial charge in [-0.05, 0) is 62.2 Å². The molecule has 5 heteroatoms. The Labute approximate surface area is 165 Å². The predicted molar refractivity (Wildman–Crippen MR) is 109 cm³/mol. The third-order valence-corrected chi connectivity index (χ3v) is 4.55. The van der Waals surface area contributed by atoms with E-state index in [-0.39, 0.29) is 12.5 Å². The third kappa shape index (κ3) is 4.88. The van der Waals surface area contributed by atoms with E-state index in [1.54, 1.807) is 12.1 Å². The van der Waals surface area contributed by atoms with Gasteiger partial charge < -0.3 is 14.6 Å². The van der Waals surface area contributed by atoms with E-state index in [1.807, 2.05) is 68.4 Å². The topological polar surface area (TPSA) is 60.3 Å². The zero-order valence-electron chi connectivity index (χ0n) is 16.1. The molecule has 1 amide bonds. The van der Waals surface area contributed by atoms with Crippen LogP contribution in [0.5, 0.6) is 0 Å². The quantitative estimate of drug-likeness (QED) is 0.641. The Morgan fingerprint density at radius 2 is 1.54 bits per heavy atom. The molecule has 0 aliphatic carbocycles. The number of aromatic nitrogens is 1. The summed E-state index contributed by atoms with van der Waals surface area (Å²) in [5, 5.41) is 2.76. The monoisotopic (exact) mass is 376 g/mol. The molecular formula is C23H24N2O3. The first-order chi connectivity index (χ1) is 13.5. The number of benzene rings is 2. The van der Waals surface area contributed by atoms with Gasteiger partial charge in [0.2, 0.25) is 0 Å². The van der Waals surface area contributed by atoms with Gasteiger partial charge in [-0.25, -0.2) is 4.79 Å². The highest BCUT2D eigenvalue weighted by atomic mass is 16.5. The van der Waals surface area contributed by atoms with Crippen LogP contribution in [0, 0.1) is 13.8 Å². The van der Waals surface area contributed by atoms with E-state index in [2.05, 4.69) is 9.88 Å². The van der Waals surface area contributed by atoms with Crippen molar-refractivity contribution in [2.24, 2.45) is 0 Å². The van der Waals surface area contributed by atoms with Crippen molar-refractivity contribution in [3.05, 3.63) is 89.2 Å². The molecule has 0 saturated carbocycles. The second kappa shape index (κ2) is 9.04. The van der Waals surface area contributed by atoms with Gasteiger partial charge in [0.1, 0.15) is 0 Å². The fourth-order valence-electron chi connectivity index (χ4n) is 3.08. The Morgan fingerprint density at radius 1 is 0.893 bits per heavy atom. The van der Waals surface area contributed by atoms with Crippen LogP contribution in [0.25, 0.3) is 5.69 Å². The van der Waals surface area contributed by atoms with Crippen molar-refractivity contribution in [2.45, 2.75) is 20.3 Å². The number of nitrogens with one attached hydrogen (secondary N) is 1. The average molecular weight is 376 g/mol. The molecule has 0 atom stereocenters. The largest absolute Gasteiger partial charge is 0.452 e. The lowest BCUT2D eigenvalue weighted by Gasteiger charge is -2.10. The van der Waals surface area contributed by atoms with Gasteiger partial charge in [0.05, 0.1) is 5.56 Å². The van der Waals surface area contributed by atoms with Crippen LogP contribution in [-0.2, 0) is 16.0 Å². The van der Waals surface area contributed by atoms with Crippen LogP contribution in [0.15, 0.2) is 66.7 Å². The van der Waals surface area contributed by atoms with E-state index in [0.29, 0.717) is 12.1 Å². The molecule has 0 radical (unpaired) electrons. The van der Waals surface area contributed by atoms with Crippen LogP contribution in [0.3, 0.4) is 0 Å². The van der Waals surface area contributed by atoms with Gasteiger partial charge in [0.25, 0.3) is 5.91 Å². The zero-order chi connectivity index (χ0) is 19.9. The number of aryl methyl sites for hydroxylation is 2. The van der Waals surface area contributed by atoms with Gasteiger partial charge in [0, 0.05) is 23.6 Å². The molecule has 3 rings (SSSR count). The molecule has 0 bridgehead atoms. The summed E-state index contributed by atoms with van der Waals surface area (Å²) in [6.07, 6.45) is 0.736. The van der Waals surface area contributed by atoms with Crippen molar-refractivity contribution >= 4 is 11.9 Å². The van der Waals surface area contributed by atoms with Crippen LogP contribution < -0.4 is 5.32 Å². The van der Waals surface area contributed by atoms with Crippen molar-refractivity contribution < 1.29 is 14.3 Å². The molecule has 1 aromatic heterocycles. The Balaban J connectivity index is 1.47. The highest BCUT2D eigenvalue weighted by molar-refractivity contribution is 5.91. The molecule has 2 aromatic carbocycles. The fraction of sp³-hybridized carbons (Fsp3) is 0.217. The van der Waals surface area contributed by atoms with Gasteiger partial charge in [-0.15, -0.1) is 0 Å². The number of hydrogen-bond acceptors (Lipinski definition) is 3. The molecule has 28 heavy (non-hydrogen) atoms. The van der Waals surface area contributed by atoms with E-state index >= 15 is 0 Å². The number of hydrogen-bond donors (Lipinski definition) is 1. The minimum atomic E-state index is -0.509. The van der Waals surface area contributed by atoms with Crippen molar-refractivity contribution in [1.82, 2.24) is 9.88 Å². The molecular weight excluding hydrogens is 352 g/mol. The number of esters is 1. The lowest BCUT2D eigenvalue weighted by atomic mass is 10.1. The number of nitrogens with zero attached hydrogens (tertiary/aromatic N) is 1. The van der Waals surface area contributed by atoms with Gasteiger partial charge in [-0.3, -0.25) is 4.79 Å². The molecule has 3 aromatic rings. The minimum absolute atomic E-state index is 0.287. The summed E-state index contributed by atoms with van der Waals surface area (Å²) in [6.45, 7) is 4.28. The highest BCUT2D eigenvalue weighted by Gasteiger charge is 2.11. The van der Waals surface area contributed by atoms with Crippen LogP contribution in [0.1, 0.15) is 27.3 Å². The Kier molecular flexibility index (Phi) is 6.27. The summed E-state index contributed by atoms with van der Waals surface area (Å²) in [4.78, 5) is 24.0. The first-order valence-electron chi connectivity index (χ1n) is 9.28. The summed E-state index contributed by atoms with van der Waals surface area (Å²) in [6, 6.07) is 21.2. The molecule has 0 unspecified atom stereocenters. The number of amides is 1. The second-order valence-corrected chi connectivity index (χ2v) is 6.66. The van der Waals surface area contributed by atoms with Gasteiger partial charge in [0.15, 0.2) is 6.61 Å². The van der Waals surface area contributed by atoms with Crippen molar-refractivity contribution in [3.63, 3.8) is 0 Å². The highest BCUT2D eigenvalue weighted by Crippen LogP contribution is 2.17. The van der Waals surface area contributed by atoms with Gasteiger partial charge in [-0.2, -0.15) is 0 Å². The van der Waals surface area contributed by atoms with Crippen LogP contribution in [-0.4, -0.2) is 29.6 Å². The van der Waals surface area contributed by atoms with E-state index in [1.165, 1.54) is 0 Å². The summed E-state index contributed by atoms with van der Waals surface area (Å²) < 4.78 is 7.22. The second-order valence-electron chi connectivity index (χ2n) is 6.66. The number of ether oxygens (including phenoxy) is 1. The lowest BCUT2D eigenvalue weighted by Crippen LogP contribution is -2.30. The summed E-state index contributed by atoms with van der Waals surface area (Å²) >= 11 is 0. The first kappa shape index (κ1) is 19.4. The molecule has 0 spiro atoms. The maximum atomic E-state index is 12.2. The van der Waals surface area contributed by atoms with Crippen LogP contribution in [0.2, 0.25) is 0 Å². The average Bonchev–Trinajstić information content (AvgIpc) is 3.05. The standard InChI is InChI=1S/C23H24N2O3/c1-17-8-9-18(2)25(17)21-12-10-20(11-13-21)23(27)28-16-22(26)24-15-14-19-6-4-3-5-7-19/h3-13H,14-16H2,1-2H3,(H,24,26). The first-order valence-corrected chi connectivity index (χ1v) is 9.28. The lowest BCUT2D eigenvalue weighted by molar-refractivity contribution is -0.124.